The van der Waals surface area contributed by atoms with Gasteiger partial charge in [-0.05, 0) is 41.7 Å². The fourth-order valence-electron chi connectivity index (χ4n) is 3.40. The maximum Gasteiger partial charge on any atom is 0.235 e. The average molecular weight is 367 g/mol. The fourth-order valence-corrected chi connectivity index (χ4v) is 3.40. The fraction of sp³-hybridized carbons (Fsp3) is 0.333. The summed E-state index contributed by atoms with van der Waals surface area (Å²) in [5.74, 6) is 0.315. The Morgan fingerprint density at radius 3 is 2.52 bits per heavy atom. The maximum atomic E-state index is 12.4. The molecule has 1 atom stereocenters. The Hall–Kier alpha value is -2.86. The van der Waals surface area contributed by atoms with Crippen molar-refractivity contribution < 1.29 is 14.3 Å². The van der Waals surface area contributed by atoms with E-state index in [-0.39, 0.29) is 12.5 Å². The summed E-state index contributed by atoms with van der Waals surface area (Å²) in [6, 6.07) is 15.3. The van der Waals surface area contributed by atoms with Crippen molar-refractivity contribution >= 4 is 11.8 Å². The molecule has 2 aromatic rings. The van der Waals surface area contributed by atoms with E-state index in [4.69, 9.17) is 10.5 Å². The zero-order valence-corrected chi connectivity index (χ0v) is 15.5. The molecule has 1 heterocycles. The molecule has 0 spiro atoms. The predicted molar refractivity (Wildman–Crippen MR) is 103 cm³/mol. The second-order valence-electron chi connectivity index (χ2n) is 6.74. The van der Waals surface area contributed by atoms with Gasteiger partial charge in [0, 0.05) is 13.1 Å². The second-order valence-corrected chi connectivity index (χ2v) is 6.74. The van der Waals surface area contributed by atoms with Crippen molar-refractivity contribution in [1.82, 2.24) is 10.2 Å². The molecule has 0 radical (unpaired) electrons. The van der Waals surface area contributed by atoms with Gasteiger partial charge in [0.1, 0.15) is 5.75 Å². The number of ether oxygens (including phenoxy) is 1. The van der Waals surface area contributed by atoms with Crippen molar-refractivity contribution in [1.29, 1.82) is 0 Å². The smallest absolute Gasteiger partial charge is 0.235 e. The highest BCUT2D eigenvalue weighted by atomic mass is 16.5. The molecule has 0 bridgehead atoms. The molecular formula is C21H25N3O3. The lowest BCUT2D eigenvalue weighted by Gasteiger charge is -2.34. The van der Waals surface area contributed by atoms with Gasteiger partial charge in [0.25, 0.3) is 0 Å². The van der Waals surface area contributed by atoms with Gasteiger partial charge in [0.05, 0.1) is 19.7 Å². The number of fused-ring (bicyclic) bond motifs is 1. The van der Waals surface area contributed by atoms with E-state index in [1.165, 1.54) is 0 Å². The molecule has 0 saturated heterocycles. The summed E-state index contributed by atoms with van der Waals surface area (Å²) in [6.07, 6.45) is 1.28. The molecule has 142 valence electrons. The van der Waals surface area contributed by atoms with E-state index in [1.54, 1.807) is 7.11 Å². The summed E-state index contributed by atoms with van der Waals surface area (Å²) in [7, 11) is 1.63. The van der Waals surface area contributed by atoms with Gasteiger partial charge in [-0.15, -0.1) is 0 Å². The number of carbonyl (C=O) groups is 2. The van der Waals surface area contributed by atoms with Crippen LogP contribution in [0, 0.1) is 0 Å². The van der Waals surface area contributed by atoms with Crippen LogP contribution < -0.4 is 15.8 Å². The van der Waals surface area contributed by atoms with E-state index in [0.29, 0.717) is 19.5 Å². The first kappa shape index (κ1) is 18.9. The Morgan fingerprint density at radius 2 is 1.85 bits per heavy atom. The Labute approximate surface area is 159 Å². The molecule has 6 nitrogen and oxygen atoms in total. The number of nitrogens with one attached hydrogen (secondary N) is 1. The van der Waals surface area contributed by atoms with E-state index in [9.17, 15) is 9.59 Å². The van der Waals surface area contributed by atoms with Gasteiger partial charge >= 0.3 is 0 Å². The summed E-state index contributed by atoms with van der Waals surface area (Å²) < 4.78 is 5.14. The summed E-state index contributed by atoms with van der Waals surface area (Å²) >= 11 is 0. The Morgan fingerprint density at radius 1 is 1.15 bits per heavy atom. The molecule has 1 unspecified atom stereocenters. The topological polar surface area (TPSA) is 84.7 Å². The van der Waals surface area contributed by atoms with Crippen molar-refractivity contribution in [3.05, 3.63) is 65.2 Å². The Balaban J connectivity index is 1.53. The first-order chi connectivity index (χ1) is 13.1. The van der Waals surface area contributed by atoms with E-state index in [0.717, 1.165) is 28.9 Å². The number of hydrogen-bond donors (Lipinski definition) is 2. The third kappa shape index (κ3) is 4.86. The average Bonchev–Trinajstić information content (AvgIpc) is 2.68. The van der Waals surface area contributed by atoms with Crippen LogP contribution >= 0.6 is 0 Å². The summed E-state index contributed by atoms with van der Waals surface area (Å²) in [4.78, 5) is 26.1. The molecule has 3 N–H and O–H groups in total. The number of nitrogens with zero attached hydrogens (tertiary/aromatic N) is 1. The zero-order chi connectivity index (χ0) is 19.2. The minimum atomic E-state index is -0.452. The van der Waals surface area contributed by atoms with E-state index in [1.807, 2.05) is 53.4 Å². The molecular weight excluding hydrogens is 342 g/mol. The van der Waals surface area contributed by atoms with Crippen molar-refractivity contribution in [3.63, 3.8) is 0 Å². The lowest BCUT2D eigenvalue weighted by molar-refractivity contribution is -0.127. The van der Waals surface area contributed by atoms with Crippen LogP contribution in [-0.4, -0.2) is 43.0 Å². The summed E-state index contributed by atoms with van der Waals surface area (Å²) in [5.41, 5.74) is 8.95. The molecule has 1 aliphatic heterocycles. The first-order valence-electron chi connectivity index (χ1n) is 9.06. The minimum absolute atomic E-state index is 0.103. The number of rotatable bonds is 7. The lowest BCUT2D eigenvalue weighted by Crippen LogP contribution is -2.51. The first-order valence-corrected chi connectivity index (χ1v) is 9.06. The van der Waals surface area contributed by atoms with Crippen LogP contribution in [0.25, 0.3) is 0 Å². The molecule has 2 amide bonds. The van der Waals surface area contributed by atoms with Gasteiger partial charge in [0.2, 0.25) is 11.8 Å². The van der Waals surface area contributed by atoms with Crippen LogP contribution in [0.15, 0.2) is 48.5 Å². The van der Waals surface area contributed by atoms with Gasteiger partial charge in [0.15, 0.2) is 0 Å². The summed E-state index contributed by atoms with van der Waals surface area (Å²) in [6.45, 7) is 1.25. The number of amides is 2. The van der Waals surface area contributed by atoms with Crippen LogP contribution in [0.4, 0.5) is 0 Å². The van der Waals surface area contributed by atoms with Crippen LogP contribution in [0.2, 0.25) is 0 Å². The van der Waals surface area contributed by atoms with Crippen LogP contribution in [0.1, 0.15) is 16.7 Å². The molecule has 2 aromatic carbocycles. The molecule has 1 aliphatic rings. The van der Waals surface area contributed by atoms with Gasteiger partial charge in [-0.1, -0.05) is 36.4 Å². The highest BCUT2D eigenvalue weighted by Crippen LogP contribution is 2.22. The predicted octanol–water partition coefficient (Wildman–Crippen LogP) is 1.27. The number of nitrogens with two attached hydrogens (primary N) is 1. The number of primary amides is 1. The van der Waals surface area contributed by atoms with E-state index < -0.39 is 11.9 Å². The molecule has 0 fully saturated rings. The van der Waals surface area contributed by atoms with Gasteiger partial charge in [-0.25, -0.2) is 0 Å². The van der Waals surface area contributed by atoms with E-state index >= 15 is 0 Å². The maximum absolute atomic E-state index is 12.4. The Bertz CT molecular complexity index is 805. The molecule has 0 aromatic heterocycles. The summed E-state index contributed by atoms with van der Waals surface area (Å²) in [5, 5.41) is 2.93. The van der Waals surface area contributed by atoms with Crippen LogP contribution in [0.3, 0.4) is 0 Å². The van der Waals surface area contributed by atoms with Crippen molar-refractivity contribution in [2.45, 2.75) is 25.4 Å². The highest BCUT2D eigenvalue weighted by Gasteiger charge is 2.30. The highest BCUT2D eigenvalue weighted by molar-refractivity contribution is 5.83. The molecule has 3 rings (SSSR count). The van der Waals surface area contributed by atoms with Crippen LogP contribution in [-0.2, 0) is 29.0 Å². The minimum Gasteiger partial charge on any atom is -0.497 e. The van der Waals surface area contributed by atoms with Gasteiger partial charge in [-0.2, -0.15) is 0 Å². The second kappa shape index (κ2) is 8.68. The van der Waals surface area contributed by atoms with Crippen molar-refractivity contribution in [3.8, 4) is 5.75 Å². The SMILES string of the molecule is COc1ccc(CCNC(=O)CN2Cc3ccccc3CC2C(N)=O)cc1. The largest absolute Gasteiger partial charge is 0.497 e. The van der Waals surface area contributed by atoms with Crippen molar-refractivity contribution in [2.24, 2.45) is 5.73 Å². The van der Waals surface area contributed by atoms with Gasteiger partial charge in [-0.3, -0.25) is 14.5 Å². The molecule has 27 heavy (non-hydrogen) atoms. The van der Waals surface area contributed by atoms with Crippen LogP contribution in [0.5, 0.6) is 5.75 Å². The number of hydrogen-bond acceptors (Lipinski definition) is 4. The molecule has 6 heteroatoms. The monoisotopic (exact) mass is 367 g/mol. The Kier molecular flexibility index (Phi) is 6.08. The third-order valence-electron chi connectivity index (χ3n) is 4.92. The van der Waals surface area contributed by atoms with Crippen molar-refractivity contribution in [2.75, 3.05) is 20.2 Å². The number of carbonyl (C=O) groups excluding carboxylic acids is 2. The quantitative estimate of drug-likeness (QED) is 0.772. The molecule has 0 saturated carbocycles. The molecule has 0 aliphatic carbocycles. The normalized spacial score (nSPS) is 16.4. The number of benzene rings is 2. The zero-order valence-electron chi connectivity index (χ0n) is 15.5. The third-order valence-corrected chi connectivity index (χ3v) is 4.92. The van der Waals surface area contributed by atoms with E-state index in [2.05, 4.69) is 5.32 Å². The van der Waals surface area contributed by atoms with Gasteiger partial charge < -0.3 is 15.8 Å². The number of methoxy groups -OCH3 is 1. The standard InChI is InChI=1S/C21H25N3O3/c1-27-18-8-6-15(7-9-18)10-11-23-20(25)14-24-13-17-5-3-2-4-16(17)12-19(24)21(22)26/h2-9,19H,10-14H2,1H3,(H2,22,26)(H,23,25). The lowest BCUT2D eigenvalue weighted by atomic mass is 9.93.